The van der Waals surface area contributed by atoms with Crippen LogP contribution in [0.25, 0.3) is 10.2 Å². The van der Waals surface area contributed by atoms with Gasteiger partial charge >= 0.3 is 0 Å². The van der Waals surface area contributed by atoms with Gasteiger partial charge in [-0.3, -0.25) is 0 Å². The lowest BCUT2D eigenvalue weighted by atomic mass is 9.88. The van der Waals surface area contributed by atoms with Gasteiger partial charge in [0.25, 0.3) is 0 Å². The van der Waals surface area contributed by atoms with Gasteiger partial charge in [-0.1, -0.05) is 6.92 Å². The molecule has 2 aromatic rings. The van der Waals surface area contributed by atoms with Gasteiger partial charge in [-0.15, -0.1) is 11.3 Å². The van der Waals surface area contributed by atoms with Crippen LogP contribution in [-0.4, -0.2) is 52.3 Å². The van der Waals surface area contributed by atoms with Crippen LogP contribution in [0.2, 0.25) is 0 Å². The Morgan fingerprint density at radius 2 is 1.93 bits per heavy atom. The van der Waals surface area contributed by atoms with Gasteiger partial charge in [-0.2, -0.15) is 0 Å². The zero-order valence-electron chi connectivity index (χ0n) is 17.5. The molecule has 0 aromatic carbocycles. The van der Waals surface area contributed by atoms with Gasteiger partial charge in [0.1, 0.15) is 17.3 Å². The summed E-state index contributed by atoms with van der Waals surface area (Å²) in [6.07, 6.45) is 9.46. The Balaban J connectivity index is 1.57. The summed E-state index contributed by atoms with van der Waals surface area (Å²) >= 11 is 1.81. The molecule has 2 aliphatic rings. The number of aryl methyl sites for hydroxylation is 1. The van der Waals surface area contributed by atoms with Crippen molar-refractivity contribution in [3.8, 4) is 5.88 Å². The standard InChI is InChI=1S/C22H33N3O2S/c1-13(14(2)26)11-15-5-10-18-19(15)20-21(23-12-24-22(20)28-18)27-17-8-6-16(7-9-17)25(3)4/h12-17,26H,5-11H2,1-4H3. The minimum Gasteiger partial charge on any atom is -0.474 e. The topological polar surface area (TPSA) is 58.5 Å². The Labute approximate surface area is 172 Å². The summed E-state index contributed by atoms with van der Waals surface area (Å²) in [5.41, 5.74) is 1.41. The van der Waals surface area contributed by atoms with Gasteiger partial charge in [0.15, 0.2) is 0 Å². The highest BCUT2D eigenvalue weighted by Gasteiger charge is 2.32. The summed E-state index contributed by atoms with van der Waals surface area (Å²) in [6, 6.07) is 0.669. The fourth-order valence-electron chi connectivity index (χ4n) is 4.85. The molecule has 2 aliphatic carbocycles. The molecule has 6 heteroatoms. The lowest BCUT2D eigenvalue weighted by Gasteiger charge is -2.32. The molecule has 0 amide bonds. The van der Waals surface area contributed by atoms with Gasteiger partial charge in [0.2, 0.25) is 5.88 Å². The van der Waals surface area contributed by atoms with Crippen molar-refractivity contribution < 1.29 is 9.84 Å². The highest BCUT2D eigenvalue weighted by atomic mass is 32.1. The summed E-state index contributed by atoms with van der Waals surface area (Å²) in [5, 5.41) is 11.1. The molecule has 2 aromatic heterocycles. The zero-order chi connectivity index (χ0) is 19.8. The molecule has 1 saturated carbocycles. The highest BCUT2D eigenvalue weighted by molar-refractivity contribution is 7.19. The Bertz CT molecular complexity index is 811. The Morgan fingerprint density at radius 1 is 1.18 bits per heavy atom. The molecule has 0 saturated heterocycles. The van der Waals surface area contributed by atoms with Crippen molar-refractivity contribution in [2.24, 2.45) is 5.92 Å². The van der Waals surface area contributed by atoms with E-state index in [4.69, 9.17) is 4.74 Å². The van der Waals surface area contributed by atoms with Crippen LogP contribution in [0, 0.1) is 5.92 Å². The zero-order valence-corrected chi connectivity index (χ0v) is 18.3. The molecule has 5 nitrogen and oxygen atoms in total. The molecular weight excluding hydrogens is 370 g/mol. The van der Waals surface area contributed by atoms with Crippen molar-refractivity contribution in [1.82, 2.24) is 14.9 Å². The smallest absolute Gasteiger partial charge is 0.225 e. The van der Waals surface area contributed by atoms with Crippen molar-refractivity contribution in [2.45, 2.75) is 83.0 Å². The van der Waals surface area contributed by atoms with E-state index in [1.54, 1.807) is 17.7 Å². The molecule has 0 bridgehead atoms. The van der Waals surface area contributed by atoms with E-state index < -0.39 is 0 Å². The van der Waals surface area contributed by atoms with Gasteiger partial charge in [0, 0.05) is 10.9 Å². The van der Waals surface area contributed by atoms with Crippen LogP contribution >= 0.6 is 11.3 Å². The van der Waals surface area contributed by atoms with Crippen molar-refractivity contribution >= 4 is 21.6 Å². The predicted octanol–water partition coefficient (Wildman–Crippen LogP) is 4.38. The van der Waals surface area contributed by atoms with Crippen molar-refractivity contribution in [1.29, 1.82) is 0 Å². The summed E-state index contributed by atoms with van der Waals surface area (Å²) in [6.45, 7) is 4.04. The van der Waals surface area contributed by atoms with Crippen molar-refractivity contribution in [3.05, 3.63) is 16.8 Å². The molecule has 28 heavy (non-hydrogen) atoms. The molecule has 3 atom stereocenters. The van der Waals surface area contributed by atoms with Crippen LogP contribution in [0.4, 0.5) is 0 Å². The van der Waals surface area contributed by atoms with Crippen LogP contribution < -0.4 is 4.74 Å². The van der Waals surface area contributed by atoms with E-state index >= 15 is 0 Å². The summed E-state index contributed by atoms with van der Waals surface area (Å²) < 4.78 is 6.47. The van der Waals surface area contributed by atoms with E-state index in [0.29, 0.717) is 17.9 Å². The van der Waals surface area contributed by atoms with Gasteiger partial charge in [-0.25, -0.2) is 9.97 Å². The van der Waals surface area contributed by atoms with Gasteiger partial charge in [-0.05, 0) is 83.4 Å². The fraction of sp³-hybridized carbons (Fsp3) is 0.727. The Kier molecular flexibility index (Phi) is 5.91. The largest absolute Gasteiger partial charge is 0.474 e. The number of rotatable bonds is 6. The molecule has 3 unspecified atom stereocenters. The SMILES string of the molecule is CC(O)C(C)CC1CCc2sc3ncnc(OC4CCC(N(C)C)CC4)c3c21. The maximum Gasteiger partial charge on any atom is 0.225 e. The number of ether oxygens (including phenoxy) is 1. The third kappa shape index (κ3) is 3.91. The number of aliphatic hydroxyl groups excluding tert-OH is 1. The van der Waals surface area contributed by atoms with E-state index in [9.17, 15) is 5.11 Å². The van der Waals surface area contributed by atoms with E-state index in [1.165, 1.54) is 23.3 Å². The number of hydrogen-bond acceptors (Lipinski definition) is 6. The lowest BCUT2D eigenvalue weighted by Crippen LogP contribution is -2.35. The van der Waals surface area contributed by atoms with Crippen molar-refractivity contribution in [3.63, 3.8) is 0 Å². The monoisotopic (exact) mass is 403 g/mol. The van der Waals surface area contributed by atoms with E-state index in [0.717, 1.165) is 48.2 Å². The molecule has 0 spiro atoms. The minimum atomic E-state index is -0.271. The van der Waals surface area contributed by atoms with E-state index in [2.05, 4.69) is 35.9 Å². The Hall–Kier alpha value is -1.24. The van der Waals surface area contributed by atoms with Crippen molar-refractivity contribution in [2.75, 3.05) is 14.1 Å². The first kappa shape index (κ1) is 20.0. The third-order valence-electron chi connectivity index (χ3n) is 6.83. The molecule has 0 aliphatic heterocycles. The van der Waals surface area contributed by atoms with Crippen LogP contribution in [0.5, 0.6) is 5.88 Å². The number of hydrogen-bond donors (Lipinski definition) is 1. The lowest BCUT2D eigenvalue weighted by molar-refractivity contribution is 0.108. The number of aromatic nitrogens is 2. The van der Waals surface area contributed by atoms with Crippen LogP contribution in [0.3, 0.4) is 0 Å². The summed E-state index contributed by atoms with van der Waals surface area (Å²) in [7, 11) is 4.34. The molecule has 0 radical (unpaired) electrons. The average molecular weight is 404 g/mol. The Morgan fingerprint density at radius 3 is 2.61 bits per heavy atom. The first-order valence-corrected chi connectivity index (χ1v) is 11.5. The van der Waals surface area contributed by atoms with Crippen LogP contribution in [0.1, 0.15) is 68.7 Å². The molecule has 4 rings (SSSR count). The molecule has 2 heterocycles. The quantitative estimate of drug-likeness (QED) is 0.776. The van der Waals surface area contributed by atoms with Crippen LogP contribution in [0.15, 0.2) is 6.33 Å². The summed E-state index contributed by atoms with van der Waals surface area (Å²) in [5.74, 6) is 1.56. The van der Waals surface area contributed by atoms with Crippen LogP contribution in [-0.2, 0) is 6.42 Å². The second-order valence-electron chi connectivity index (χ2n) is 9.00. The summed E-state index contributed by atoms with van der Waals surface area (Å²) in [4.78, 5) is 14.0. The average Bonchev–Trinajstić information content (AvgIpc) is 3.22. The number of thiophene rings is 1. The van der Waals surface area contributed by atoms with E-state index in [-0.39, 0.29) is 12.2 Å². The molecule has 1 N–H and O–H groups in total. The maximum absolute atomic E-state index is 9.97. The minimum absolute atomic E-state index is 0.251. The predicted molar refractivity (Wildman–Crippen MR) is 114 cm³/mol. The highest BCUT2D eigenvalue weighted by Crippen LogP contribution is 2.48. The molecule has 1 fully saturated rings. The second kappa shape index (κ2) is 8.25. The molecule has 154 valence electrons. The first-order chi connectivity index (χ1) is 13.4. The fourth-order valence-corrected chi connectivity index (χ4v) is 6.08. The van der Waals surface area contributed by atoms with Gasteiger partial charge in [0.05, 0.1) is 11.5 Å². The third-order valence-corrected chi connectivity index (χ3v) is 8.00. The normalized spacial score (nSPS) is 27.1. The molecular formula is C22H33N3O2S. The number of nitrogens with zero attached hydrogens (tertiary/aromatic N) is 3. The number of fused-ring (bicyclic) bond motifs is 3. The number of aliphatic hydroxyl groups is 1. The van der Waals surface area contributed by atoms with E-state index in [1.807, 2.05) is 6.92 Å². The maximum atomic E-state index is 9.97. The first-order valence-electron chi connectivity index (χ1n) is 10.7. The van der Waals surface area contributed by atoms with Gasteiger partial charge < -0.3 is 14.7 Å². The second-order valence-corrected chi connectivity index (χ2v) is 10.1.